The van der Waals surface area contributed by atoms with Gasteiger partial charge in [-0.25, -0.2) is 9.67 Å². The molecule has 0 atom stereocenters. The summed E-state index contributed by atoms with van der Waals surface area (Å²) in [4.78, 5) is 4.27. The molecule has 0 radical (unpaired) electrons. The summed E-state index contributed by atoms with van der Waals surface area (Å²) in [6.07, 6.45) is 1.72. The maximum Gasteiger partial charge on any atom is 0.242 e. The zero-order valence-electron chi connectivity index (χ0n) is 17.1. The minimum Gasteiger partial charge on any atom is -0.479 e. The highest BCUT2D eigenvalue weighted by Gasteiger charge is 2.41. The summed E-state index contributed by atoms with van der Waals surface area (Å²) >= 11 is 0. The van der Waals surface area contributed by atoms with Crippen molar-refractivity contribution in [3.05, 3.63) is 120 Å². The molecule has 0 spiro atoms. The smallest absolute Gasteiger partial charge is 0.242 e. The molecule has 2 aromatic heterocycles. The normalized spacial score (nSPS) is 11.5. The Morgan fingerprint density at radius 1 is 0.774 bits per heavy atom. The maximum absolute atomic E-state index is 6.11. The minimum atomic E-state index is -0.743. The molecular weight excluding hydrogens is 384 g/mol. The Morgan fingerprint density at radius 3 is 1.71 bits per heavy atom. The molecule has 0 unspecified atom stereocenters. The van der Waals surface area contributed by atoms with Gasteiger partial charge < -0.3 is 10.5 Å². The second-order valence-electron chi connectivity index (χ2n) is 7.36. The van der Waals surface area contributed by atoms with Gasteiger partial charge in [0.1, 0.15) is 11.4 Å². The number of pyridine rings is 1. The first kappa shape index (κ1) is 18.9. The second kappa shape index (κ2) is 7.61. The molecule has 0 aliphatic rings. The third-order valence-corrected chi connectivity index (χ3v) is 5.64. The van der Waals surface area contributed by atoms with Gasteiger partial charge in [0.2, 0.25) is 5.88 Å². The third kappa shape index (κ3) is 2.94. The number of hydrogen-bond acceptors (Lipinski definition) is 4. The molecule has 0 fully saturated rings. The molecule has 2 N–H and O–H groups in total. The number of ether oxygens (including phenoxy) is 1. The van der Waals surface area contributed by atoms with Crippen LogP contribution in [0.5, 0.6) is 5.88 Å². The minimum absolute atomic E-state index is 0.430. The summed E-state index contributed by atoms with van der Waals surface area (Å²) in [5, 5.41) is 5.76. The Labute approximate surface area is 180 Å². The predicted molar refractivity (Wildman–Crippen MR) is 123 cm³/mol. The van der Waals surface area contributed by atoms with Gasteiger partial charge in [-0.15, -0.1) is 5.10 Å². The van der Waals surface area contributed by atoms with Gasteiger partial charge in [0.15, 0.2) is 0 Å². The fourth-order valence-electron chi connectivity index (χ4n) is 4.31. The lowest BCUT2D eigenvalue weighted by molar-refractivity contribution is 0.378. The Kier molecular flexibility index (Phi) is 4.64. The Bertz CT molecular complexity index is 1220. The Balaban J connectivity index is 1.99. The molecule has 5 heteroatoms. The van der Waals surface area contributed by atoms with Crippen LogP contribution in [0.25, 0.3) is 10.9 Å². The van der Waals surface area contributed by atoms with Crippen LogP contribution in [0.2, 0.25) is 0 Å². The van der Waals surface area contributed by atoms with Crippen molar-refractivity contribution < 1.29 is 4.74 Å². The van der Waals surface area contributed by atoms with E-state index in [0.29, 0.717) is 11.7 Å². The van der Waals surface area contributed by atoms with E-state index in [2.05, 4.69) is 77.8 Å². The third-order valence-electron chi connectivity index (χ3n) is 5.64. The van der Waals surface area contributed by atoms with Gasteiger partial charge in [-0.3, -0.25) is 0 Å². The number of hydrogen-bond donors (Lipinski definition) is 1. The number of rotatable bonds is 5. The summed E-state index contributed by atoms with van der Waals surface area (Å²) in [5.74, 6) is 0.939. The topological polar surface area (TPSA) is 66.0 Å². The average molecular weight is 406 g/mol. The molecule has 0 saturated heterocycles. The van der Waals surface area contributed by atoms with Gasteiger partial charge in [-0.2, -0.15) is 0 Å². The fourth-order valence-corrected chi connectivity index (χ4v) is 4.31. The molecule has 2 heterocycles. The lowest BCUT2D eigenvalue weighted by atomic mass is 9.77. The first-order valence-electron chi connectivity index (χ1n) is 10.1. The summed E-state index contributed by atoms with van der Waals surface area (Å²) in [5.41, 5.74) is 9.45. The molecular formula is C26H22N4O. The number of anilines is 1. The van der Waals surface area contributed by atoms with Crippen LogP contribution in [0.15, 0.2) is 103 Å². The van der Waals surface area contributed by atoms with Gasteiger partial charge in [-0.1, -0.05) is 91.0 Å². The summed E-state index contributed by atoms with van der Waals surface area (Å²) in [6, 6.07) is 33.0. The molecule has 0 aliphatic heterocycles. The van der Waals surface area contributed by atoms with E-state index in [1.54, 1.807) is 13.3 Å². The van der Waals surface area contributed by atoms with E-state index in [9.17, 15) is 0 Å². The van der Waals surface area contributed by atoms with Crippen LogP contribution in [-0.4, -0.2) is 21.9 Å². The van der Waals surface area contributed by atoms with E-state index in [4.69, 9.17) is 15.6 Å². The highest BCUT2D eigenvalue weighted by molar-refractivity contribution is 5.86. The summed E-state index contributed by atoms with van der Waals surface area (Å²) < 4.78 is 7.65. The quantitative estimate of drug-likeness (QED) is 0.423. The van der Waals surface area contributed by atoms with Crippen LogP contribution in [0.1, 0.15) is 16.7 Å². The predicted octanol–water partition coefficient (Wildman–Crippen LogP) is 4.86. The molecule has 0 amide bonds. The molecule has 0 aliphatic carbocycles. The van der Waals surface area contributed by atoms with Crippen LogP contribution >= 0.6 is 0 Å². The fraction of sp³-hybridized carbons (Fsp3) is 0.0769. The molecule has 5 aromatic rings. The number of nitrogen functional groups attached to an aromatic ring is 1. The SMILES string of the molecule is COc1nn(C(c2ccccc2)(c2ccccc2)c2ccccc2)c2cc(N)ncc12. The highest BCUT2D eigenvalue weighted by Crippen LogP contribution is 2.43. The van der Waals surface area contributed by atoms with Gasteiger partial charge >= 0.3 is 0 Å². The maximum atomic E-state index is 6.11. The van der Waals surface area contributed by atoms with Crippen molar-refractivity contribution in [2.75, 3.05) is 12.8 Å². The lowest BCUT2D eigenvalue weighted by Gasteiger charge is -2.36. The number of benzene rings is 3. The average Bonchev–Trinajstić information content (AvgIpc) is 3.20. The number of nitrogens with two attached hydrogens (primary N) is 1. The van der Waals surface area contributed by atoms with E-state index in [-0.39, 0.29) is 0 Å². The molecule has 0 bridgehead atoms. The molecule has 0 saturated carbocycles. The van der Waals surface area contributed by atoms with Crippen molar-refractivity contribution in [3.63, 3.8) is 0 Å². The highest BCUT2D eigenvalue weighted by atomic mass is 16.5. The second-order valence-corrected chi connectivity index (χ2v) is 7.36. The van der Waals surface area contributed by atoms with E-state index in [0.717, 1.165) is 27.6 Å². The van der Waals surface area contributed by atoms with E-state index in [1.165, 1.54) is 0 Å². The van der Waals surface area contributed by atoms with Gasteiger partial charge in [0, 0.05) is 12.3 Å². The van der Waals surface area contributed by atoms with Crippen molar-refractivity contribution in [1.82, 2.24) is 14.8 Å². The summed E-state index contributed by atoms with van der Waals surface area (Å²) in [7, 11) is 1.62. The number of methoxy groups -OCH3 is 1. The van der Waals surface area contributed by atoms with Crippen LogP contribution in [0.4, 0.5) is 5.82 Å². The van der Waals surface area contributed by atoms with Crippen LogP contribution in [0, 0.1) is 0 Å². The standard InChI is InChI=1S/C26H22N4O/c1-31-25-22-18-28-24(27)17-23(22)30(29-25)26(19-11-5-2-6-12-19,20-13-7-3-8-14-20)21-15-9-4-10-16-21/h2-18H,1H3,(H2,27,28). The molecule has 152 valence electrons. The van der Waals surface area contributed by atoms with Crippen LogP contribution in [0.3, 0.4) is 0 Å². The van der Waals surface area contributed by atoms with E-state index >= 15 is 0 Å². The van der Waals surface area contributed by atoms with E-state index < -0.39 is 5.54 Å². The molecule has 5 rings (SSSR count). The Hall–Kier alpha value is -4.12. The molecule has 5 nitrogen and oxygen atoms in total. The molecule has 31 heavy (non-hydrogen) atoms. The molecule has 3 aromatic carbocycles. The number of fused-ring (bicyclic) bond motifs is 1. The number of nitrogens with zero attached hydrogens (tertiary/aromatic N) is 3. The van der Waals surface area contributed by atoms with E-state index in [1.807, 2.05) is 28.9 Å². The Morgan fingerprint density at radius 2 is 1.26 bits per heavy atom. The van der Waals surface area contributed by atoms with Crippen molar-refractivity contribution >= 4 is 16.7 Å². The number of aromatic nitrogens is 3. The van der Waals surface area contributed by atoms with Crippen molar-refractivity contribution in [2.24, 2.45) is 0 Å². The van der Waals surface area contributed by atoms with Crippen LogP contribution < -0.4 is 10.5 Å². The monoisotopic (exact) mass is 406 g/mol. The van der Waals surface area contributed by atoms with Gasteiger partial charge in [0.25, 0.3) is 0 Å². The summed E-state index contributed by atoms with van der Waals surface area (Å²) in [6.45, 7) is 0. The zero-order valence-corrected chi connectivity index (χ0v) is 17.1. The van der Waals surface area contributed by atoms with Gasteiger partial charge in [0.05, 0.1) is 18.0 Å². The first-order valence-corrected chi connectivity index (χ1v) is 10.1. The van der Waals surface area contributed by atoms with Crippen molar-refractivity contribution in [2.45, 2.75) is 5.54 Å². The van der Waals surface area contributed by atoms with Crippen molar-refractivity contribution in [3.8, 4) is 5.88 Å². The van der Waals surface area contributed by atoms with Gasteiger partial charge in [-0.05, 0) is 16.7 Å². The lowest BCUT2D eigenvalue weighted by Crippen LogP contribution is -2.38. The largest absolute Gasteiger partial charge is 0.479 e. The van der Waals surface area contributed by atoms with Crippen molar-refractivity contribution in [1.29, 1.82) is 0 Å². The zero-order chi connectivity index (χ0) is 21.3. The van der Waals surface area contributed by atoms with Crippen LogP contribution in [-0.2, 0) is 5.54 Å². The first-order chi connectivity index (χ1) is 15.2.